The van der Waals surface area contributed by atoms with E-state index in [0.29, 0.717) is 12.1 Å². The van der Waals surface area contributed by atoms with Crippen molar-refractivity contribution in [1.29, 1.82) is 0 Å². The number of benzene rings is 2. The predicted molar refractivity (Wildman–Crippen MR) is 91.5 cm³/mol. The van der Waals surface area contributed by atoms with Crippen LogP contribution >= 0.6 is 11.6 Å². The summed E-state index contributed by atoms with van der Waals surface area (Å²) in [6.45, 7) is 1.57. The summed E-state index contributed by atoms with van der Waals surface area (Å²) in [5.41, 5.74) is 4.49. The van der Waals surface area contributed by atoms with Gasteiger partial charge in [0, 0.05) is 25.8 Å². The van der Waals surface area contributed by atoms with Gasteiger partial charge in [0.2, 0.25) is 0 Å². The number of aliphatic hydroxyl groups is 1. The molecule has 5 heteroatoms. The molecule has 2 aromatic rings. The van der Waals surface area contributed by atoms with Crippen molar-refractivity contribution >= 4 is 17.3 Å². The van der Waals surface area contributed by atoms with Crippen molar-refractivity contribution in [3.05, 3.63) is 63.9 Å². The van der Waals surface area contributed by atoms with Crippen LogP contribution in [0.1, 0.15) is 22.7 Å². The number of aliphatic hydroxyl groups excluding tert-OH is 1. The third-order valence-electron chi connectivity index (χ3n) is 4.35. The number of anilines is 1. The van der Waals surface area contributed by atoms with E-state index in [1.54, 1.807) is 6.07 Å². The van der Waals surface area contributed by atoms with Gasteiger partial charge in [-0.1, -0.05) is 29.8 Å². The smallest absolute Gasteiger partial charge is 0.142 e. The zero-order valence-electron chi connectivity index (χ0n) is 13.0. The number of nitrogens with zero attached hydrogens (tertiary/aromatic N) is 1. The number of nitrogens with one attached hydrogen (secondary N) is 1. The van der Waals surface area contributed by atoms with Crippen LogP contribution in [0, 0.1) is 5.82 Å². The summed E-state index contributed by atoms with van der Waals surface area (Å²) in [5.74, 6) is -0.468. The normalized spacial score (nSPS) is 14.9. The second kappa shape index (κ2) is 6.87. The number of likely N-dealkylation sites (N-methyl/N-ethyl adjacent to an activating group) is 1. The fourth-order valence-electron chi connectivity index (χ4n) is 2.99. The molecule has 0 radical (unpaired) electrons. The Labute approximate surface area is 140 Å². The minimum Gasteiger partial charge on any atom is -0.394 e. The molecule has 2 N–H and O–H groups in total. The Balaban J connectivity index is 1.69. The lowest BCUT2D eigenvalue weighted by Crippen LogP contribution is -2.24. The Bertz CT molecular complexity index is 707. The molecular formula is C18H20ClFN2O. The topological polar surface area (TPSA) is 35.5 Å². The van der Waals surface area contributed by atoms with Gasteiger partial charge in [-0.05, 0) is 41.3 Å². The van der Waals surface area contributed by atoms with Crippen LogP contribution in [-0.4, -0.2) is 25.3 Å². The maximum absolute atomic E-state index is 13.6. The molecule has 0 spiro atoms. The first-order chi connectivity index (χ1) is 11.1. The SMILES string of the molecule is CN1CCc2cc(CNC(CO)c3ccc(Cl)c(F)c3)ccc21. The molecule has 0 saturated heterocycles. The lowest BCUT2D eigenvalue weighted by atomic mass is 10.1. The lowest BCUT2D eigenvalue weighted by Gasteiger charge is -2.18. The van der Waals surface area contributed by atoms with Gasteiger partial charge in [-0.3, -0.25) is 0 Å². The Morgan fingerprint density at radius 2 is 2.13 bits per heavy atom. The zero-order chi connectivity index (χ0) is 16.4. The minimum absolute atomic E-state index is 0.0909. The number of rotatable bonds is 5. The lowest BCUT2D eigenvalue weighted by molar-refractivity contribution is 0.243. The third kappa shape index (κ3) is 3.50. The molecule has 1 aliphatic heterocycles. The standard InChI is InChI=1S/C18H20ClFN2O/c1-22-7-6-14-8-12(2-5-18(14)22)10-21-17(11-23)13-3-4-15(19)16(20)9-13/h2-5,8-9,17,21,23H,6-7,10-11H2,1H3. The van der Waals surface area contributed by atoms with Crippen LogP contribution in [0.15, 0.2) is 36.4 Å². The van der Waals surface area contributed by atoms with E-state index in [0.717, 1.165) is 18.5 Å². The van der Waals surface area contributed by atoms with Gasteiger partial charge in [0.25, 0.3) is 0 Å². The van der Waals surface area contributed by atoms with Crippen molar-refractivity contribution in [2.24, 2.45) is 0 Å². The van der Waals surface area contributed by atoms with Gasteiger partial charge in [0.05, 0.1) is 17.7 Å². The molecule has 0 bridgehead atoms. The average Bonchev–Trinajstić information content (AvgIpc) is 2.92. The van der Waals surface area contributed by atoms with E-state index < -0.39 is 5.82 Å². The molecule has 122 valence electrons. The third-order valence-corrected chi connectivity index (χ3v) is 4.66. The molecule has 0 aliphatic carbocycles. The first-order valence-electron chi connectivity index (χ1n) is 7.70. The van der Waals surface area contributed by atoms with Gasteiger partial charge in [-0.25, -0.2) is 4.39 Å². The van der Waals surface area contributed by atoms with E-state index in [9.17, 15) is 9.50 Å². The highest BCUT2D eigenvalue weighted by molar-refractivity contribution is 6.30. The molecule has 3 rings (SSSR count). The maximum Gasteiger partial charge on any atom is 0.142 e. The molecule has 0 fully saturated rings. The van der Waals surface area contributed by atoms with Crippen LogP contribution in [0.4, 0.5) is 10.1 Å². The summed E-state index contributed by atoms with van der Waals surface area (Å²) in [6.07, 6.45) is 1.06. The zero-order valence-corrected chi connectivity index (χ0v) is 13.8. The van der Waals surface area contributed by atoms with Crippen molar-refractivity contribution in [1.82, 2.24) is 5.32 Å². The minimum atomic E-state index is -0.468. The Hall–Kier alpha value is -1.62. The number of fused-ring (bicyclic) bond motifs is 1. The monoisotopic (exact) mass is 334 g/mol. The Morgan fingerprint density at radius 1 is 1.30 bits per heavy atom. The maximum atomic E-state index is 13.6. The van der Waals surface area contributed by atoms with Gasteiger partial charge in [0.15, 0.2) is 0 Å². The molecular weight excluding hydrogens is 315 g/mol. The quantitative estimate of drug-likeness (QED) is 0.880. The Morgan fingerprint density at radius 3 is 2.87 bits per heavy atom. The fraction of sp³-hybridized carbons (Fsp3) is 0.333. The summed E-state index contributed by atoms with van der Waals surface area (Å²) in [5, 5.41) is 13.0. The van der Waals surface area contributed by atoms with Crippen molar-refractivity contribution in [2.45, 2.75) is 19.0 Å². The summed E-state index contributed by atoms with van der Waals surface area (Å²) in [6, 6.07) is 10.7. The predicted octanol–water partition coefficient (Wildman–Crippen LogP) is 3.29. The summed E-state index contributed by atoms with van der Waals surface area (Å²) < 4.78 is 13.6. The van der Waals surface area contributed by atoms with Gasteiger partial charge >= 0.3 is 0 Å². The van der Waals surface area contributed by atoms with E-state index in [-0.39, 0.29) is 17.7 Å². The summed E-state index contributed by atoms with van der Waals surface area (Å²) in [4.78, 5) is 2.25. The van der Waals surface area contributed by atoms with E-state index in [2.05, 4.69) is 35.5 Å². The van der Waals surface area contributed by atoms with E-state index >= 15 is 0 Å². The second-order valence-electron chi connectivity index (χ2n) is 5.92. The molecule has 2 aromatic carbocycles. The van der Waals surface area contributed by atoms with Crippen molar-refractivity contribution in [2.75, 3.05) is 25.1 Å². The summed E-state index contributed by atoms with van der Waals surface area (Å²) in [7, 11) is 2.10. The molecule has 0 saturated carbocycles. The van der Waals surface area contributed by atoms with Crippen LogP contribution < -0.4 is 10.2 Å². The number of hydrogen-bond donors (Lipinski definition) is 2. The Kier molecular flexibility index (Phi) is 4.85. The highest BCUT2D eigenvalue weighted by Gasteiger charge is 2.16. The molecule has 23 heavy (non-hydrogen) atoms. The fourth-order valence-corrected chi connectivity index (χ4v) is 3.11. The molecule has 3 nitrogen and oxygen atoms in total. The first kappa shape index (κ1) is 16.2. The molecule has 0 amide bonds. The second-order valence-corrected chi connectivity index (χ2v) is 6.33. The van der Waals surface area contributed by atoms with E-state index in [4.69, 9.17) is 11.6 Å². The molecule has 1 aliphatic rings. The van der Waals surface area contributed by atoms with Gasteiger partial charge in [0.1, 0.15) is 5.82 Å². The van der Waals surface area contributed by atoms with Crippen molar-refractivity contribution in [3.63, 3.8) is 0 Å². The molecule has 1 atom stereocenters. The number of halogens is 2. The highest BCUT2D eigenvalue weighted by Crippen LogP contribution is 2.27. The van der Waals surface area contributed by atoms with Crippen LogP contribution in [-0.2, 0) is 13.0 Å². The highest BCUT2D eigenvalue weighted by atomic mass is 35.5. The van der Waals surface area contributed by atoms with E-state index in [1.165, 1.54) is 23.4 Å². The van der Waals surface area contributed by atoms with Crippen LogP contribution in [0.5, 0.6) is 0 Å². The van der Waals surface area contributed by atoms with Crippen LogP contribution in [0.2, 0.25) is 5.02 Å². The largest absolute Gasteiger partial charge is 0.394 e. The molecule has 1 heterocycles. The van der Waals surface area contributed by atoms with Crippen LogP contribution in [0.3, 0.4) is 0 Å². The van der Waals surface area contributed by atoms with Gasteiger partial charge in [-0.2, -0.15) is 0 Å². The number of hydrogen-bond acceptors (Lipinski definition) is 3. The van der Waals surface area contributed by atoms with Crippen molar-refractivity contribution < 1.29 is 9.50 Å². The van der Waals surface area contributed by atoms with E-state index in [1.807, 2.05) is 0 Å². The first-order valence-corrected chi connectivity index (χ1v) is 8.08. The van der Waals surface area contributed by atoms with Gasteiger partial charge in [-0.15, -0.1) is 0 Å². The summed E-state index contributed by atoms with van der Waals surface area (Å²) >= 11 is 5.71. The molecule has 0 aromatic heterocycles. The van der Waals surface area contributed by atoms with Crippen molar-refractivity contribution in [3.8, 4) is 0 Å². The van der Waals surface area contributed by atoms with Crippen LogP contribution in [0.25, 0.3) is 0 Å². The van der Waals surface area contributed by atoms with Gasteiger partial charge < -0.3 is 15.3 Å². The average molecular weight is 335 g/mol. The molecule has 1 unspecified atom stereocenters.